The third-order valence-electron chi connectivity index (χ3n) is 2.33. The summed E-state index contributed by atoms with van der Waals surface area (Å²) < 4.78 is 5.32. The molecule has 0 aromatic heterocycles. The molecule has 0 bridgehead atoms. The van der Waals surface area contributed by atoms with Crippen molar-refractivity contribution in [1.82, 2.24) is 4.90 Å². The summed E-state index contributed by atoms with van der Waals surface area (Å²) in [6, 6.07) is 0. The standard InChI is InChI=1S/C11H19NO5/c1-11(2,3)6-17-5-4-12-9(15)7(13)8(14)10(12)16/h7-8,13-14H,4-6H2,1-3H3/t7-,8+. The Balaban J connectivity index is 2.38. The predicted molar refractivity (Wildman–Crippen MR) is 59.0 cm³/mol. The molecule has 2 amide bonds. The third kappa shape index (κ3) is 3.49. The molecule has 0 spiro atoms. The number of aliphatic hydroxyl groups excluding tert-OH is 2. The topological polar surface area (TPSA) is 87.1 Å². The molecule has 1 fully saturated rings. The zero-order valence-corrected chi connectivity index (χ0v) is 10.3. The van der Waals surface area contributed by atoms with E-state index in [4.69, 9.17) is 4.74 Å². The minimum absolute atomic E-state index is 0.0120. The first kappa shape index (κ1) is 14.1. The van der Waals surface area contributed by atoms with Crippen molar-refractivity contribution in [3.8, 4) is 0 Å². The highest BCUT2D eigenvalue weighted by molar-refractivity contribution is 6.07. The van der Waals surface area contributed by atoms with E-state index in [-0.39, 0.29) is 18.6 Å². The van der Waals surface area contributed by atoms with Crippen molar-refractivity contribution in [3.63, 3.8) is 0 Å². The SMILES string of the molecule is CC(C)(C)COCCN1C(=O)[C@@H](O)[C@@H](O)C1=O. The Morgan fingerprint density at radius 3 is 2.06 bits per heavy atom. The van der Waals surface area contributed by atoms with Crippen LogP contribution in [-0.4, -0.2) is 58.9 Å². The Bertz CT molecular complexity index is 289. The summed E-state index contributed by atoms with van der Waals surface area (Å²) in [5.74, 6) is -1.52. The van der Waals surface area contributed by atoms with E-state index in [9.17, 15) is 19.8 Å². The minimum Gasteiger partial charge on any atom is -0.380 e. The molecule has 1 saturated heterocycles. The lowest BCUT2D eigenvalue weighted by Crippen LogP contribution is -2.35. The van der Waals surface area contributed by atoms with Gasteiger partial charge in [0.15, 0.2) is 12.2 Å². The second kappa shape index (κ2) is 5.12. The number of likely N-dealkylation sites (tertiary alicyclic amines) is 1. The molecule has 2 atom stereocenters. The number of ether oxygens (including phenoxy) is 1. The van der Waals surface area contributed by atoms with Gasteiger partial charge >= 0.3 is 0 Å². The maximum atomic E-state index is 11.4. The maximum Gasteiger partial charge on any atom is 0.261 e. The maximum absolute atomic E-state index is 11.4. The molecule has 0 aromatic rings. The Morgan fingerprint density at radius 1 is 1.18 bits per heavy atom. The van der Waals surface area contributed by atoms with Gasteiger partial charge in [0, 0.05) is 0 Å². The van der Waals surface area contributed by atoms with Crippen LogP contribution in [0.3, 0.4) is 0 Å². The molecule has 1 aliphatic heterocycles. The zero-order chi connectivity index (χ0) is 13.2. The average molecular weight is 245 g/mol. The van der Waals surface area contributed by atoms with Crippen LogP contribution in [0, 0.1) is 5.41 Å². The molecule has 0 aromatic carbocycles. The van der Waals surface area contributed by atoms with Gasteiger partial charge in [-0.2, -0.15) is 0 Å². The van der Waals surface area contributed by atoms with Gasteiger partial charge in [-0.25, -0.2) is 0 Å². The molecule has 0 aliphatic carbocycles. The first-order valence-corrected chi connectivity index (χ1v) is 5.53. The van der Waals surface area contributed by atoms with Gasteiger partial charge in [-0.15, -0.1) is 0 Å². The van der Waals surface area contributed by atoms with Crippen LogP contribution in [0.25, 0.3) is 0 Å². The van der Waals surface area contributed by atoms with Crippen LogP contribution >= 0.6 is 0 Å². The van der Waals surface area contributed by atoms with Crippen molar-refractivity contribution in [1.29, 1.82) is 0 Å². The Morgan fingerprint density at radius 2 is 1.65 bits per heavy atom. The van der Waals surface area contributed by atoms with E-state index < -0.39 is 24.0 Å². The third-order valence-corrected chi connectivity index (χ3v) is 2.33. The van der Waals surface area contributed by atoms with Crippen molar-refractivity contribution in [2.24, 2.45) is 5.41 Å². The fourth-order valence-electron chi connectivity index (χ4n) is 1.45. The summed E-state index contributed by atoms with van der Waals surface area (Å²) in [5, 5.41) is 18.4. The second-order valence-electron chi connectivity index (χ2n) is 5.33. The molecule has 0 saturated carbocycles. The highest BCUT2D eigenvalue weighted by atomic mass is 16.5. The average Bonchev–Trinajstić information content (AvgIpc) is 2.39. The number of nitrogens with zero attached hydrogens (tertiary/aromatic N) is 1. The minimum atomic E-state index is -1.63. The van der Waals surface area contributed by atoms with Gasteiger partial charge in [0.25, 0.3) is 11.8 Å². The molecule has 0 unspecified atom stereocenters. The summed E-state index contributed by atoms with van der Waals surface area (Å²) in [6.07, 6.45) is -3.27. The molecule has 0 radical (unpaired) electrons. The van der Waals surface area contributed by atoms with E-state index >= 15 is 0 Å². The van der Waals surface area contributed by atoms with E-state index in [1.165, 1.54) is 0 Å². The lowest BCUT2D eigenvalue weighted by Gasteiger charge is -2.19. The number of imide groups is 1. The van der Waals surface area contributed by atoms with Crippen molar-refractivity contribution >= 4 is 11.8 Å². The van der Waals surface area contributed by atoms with E-state index in [0.717, 1.165) is 4.90 Å². The van der Waals surface area contributed by atoms with E-state index in [1.807, 2.05) is 20.8 Å². The molecule has 98 valence electrons. The highest BCUT2D eigenvalue weighted by Gasteiger charge is 2.45. The normalized spacial score (nSPS) is 25.8. The Kier molecular flexibility index (Phi) is 4.24. The zero-order valence-electron chi connectivity index (χ0n) is 10.3. The summed E-state index contributed by atoms with van der Waals surface area (Å²) >= 11 is 0. The smallest absolute Gasteiger partial charge is 0.261 e. The number of hydrogen-bond acceptors (Lipinski definition) is 5. The summed E-state index contributed by atoms with van der Waals surface area (Å²) in [6.45, 7) is 6.79. The van der Waals surface area contributed by atoms with Gasteiger partial charge in [0.1, 0.15) is 0 Å². The molecule has 1 heterocycles. The molecule has 1 rings (SSSR count). The lowest BCUT2D eigenvalue weighted by molar-refractivity contribution is -0.142. The molecule has 6 heteroatoms. The van der Waals surface area contributed by atoms with Gasteiger partial charge < -0.3 is 14.9 Å². The summed E-state index contributed by atoms with van der Waals surface area (Å²) in [5.41, 5.74) is 0.0120. The van der Waals surface area contributed by atoms with Gasteiger partial charge in [-0.1, -0.05) is 20.8 Å². The molecule has 1 aliphatic rings. The second-order valence-corrected chi connectivity index (χ2v) is 5.33. The van der Waals surface area contributed by atoms with Crippen molar-refractivity contribution < 1.29 is 24.5 Å². The monoisotopic (exact) mass is 245 g/mol. The predicted octanol–water partition coefficient (Wildman–Crippen LogP) is -0.860. The van der Waals surface area contributed by atoms with Crippen LogP contribution in [0.2, 0.25) is 0 Å². The fraction of sp³-hybridized carbons (Fsp3) is 0.818. The van der Waals surface area contributed by atoms with Gasteiger partial charge in [-0.3, -0.25) is 14.5 Å². The number of hydrogen-bond donors (Lipinski definition) is 2. The number of carbonyl (C=O) groups excluding carboxylic acids is 2. The van der Waals surface area contributed by atoms with Crippen LogP contribution in [0.1, 0.15) is 20.8 Å². The summed E-state index contributed by atoms with van der Waals surface area (Å²) in [7, 11) is 0. The molecule has 17 heavy (non-hydrogen) atoms. The van der Waals surface area contributed by atoms with Crippen LogP contribution in [0.4, 0.5) is 0 Å². The quantitative estimate of drug-likeness (QED) is 0.497. The lowest BCUT2D eigenvalue weighted by atomic mass is 9.99. The van der Waals surface area contributed by atoms with E-state index in [2.05, 4.69) is 0 Å². The first-order chi connectivity index (χ1) is 7.74. The largest absolute Gasteiger partial charge is 0.380 e. The van der Waals surface area contributed by atoms with Crippen LogP contribution in [0.15, 0.2) is 0 Å². The van der Waals surface area contributed by atoms with Gasteiger partial charge in [0.05, 0.1) is 19.8 Å². The van der Waals surface area contributed by atoms with Crippen molar-refractivity contribution in [3.05, 3.63) is 0 Å². The van der Waals surface area contributed by atoms with Crippen molar-refractivity contribution in [2.45, 2.75) is 33.0 Å². The molecular formula is C11H19NO5. The van der Waals surface area contributed by atoms with E-state index in [1.54, 1.807) is 0 Å². The van der Waals surface area contributed by atoms with Crippen LogP contribution < -0.4 is 0 Å². The van der Waals surface area contributed by atoms with Gasteiger partial charge in [-0.05, 0) is 5.41 Å². The first-order valence-electron chi connectivity index (χ1n) is 5.53. The van der Waals surface area contributed by atoms with E-state index in [0.29, 0.717) is 6.61 Å². The van der Waals surface area contributed by atoms with Crippen LogP contribution in [0.5, 0.6) is 0 Å². The Labute approximate surface area is 100 Å². The van der Waals surface area contributed by atoms with Gasteiger partial charge in [0.2, 0.25) is 0 Å². The number of amides is 2. The Hall–Kier alpha value is -0.980. The molecule has 2 N–H and O–H groups in total. The van der Waals surface area contributed by atoms with Crippen LogP contribution in [-0.2, 0) is 14.3 Å². The fourth-order valence-corrected chi connectivity index (χ4v) is 1.45. The highest BCUT2D eigenvalue weighted by Crippen LogP contribution is 2.15. The number of carbonyl (C=O) groups is 2. The molecular weight excluding hydrogens is 226 g/mol. The number of aliphatic hydroxyl groups is 2. The van der Waals surface area contributed by atoms with Crippen molar-refractivity contribution in [2.75, 3.05) is 19.8 Å². The molecule has 6 nitrogen and oxygen atoms in total. The summed E-state index contributed by atoms with van der Waals surface area (Å²) in [4.78, 5) is 23.5. The number of rotatable bonds is 4.